The van der Waals surface area contributed by atoms with Gasteiger partial charge in [-0.25, -0.2) is 0 Å². The summed E-state index contributed by atoms with van der Waals surface area (Å²) in [5, 5.41) is 10.3. The van der Waals surface area contributed by atoms with Crippen LogP contribution in [0.15, 0.2) is 11.6 Å². The summed E-state index contributed by atoms with van der Waals surface area (Å²) in [4.78, 5) is 0. The van der Waals surface area contributed by atoms with Crippen LogP contribution in [0.1, 0.15) is 98.8 Å². The predicted octanol–water partition coefficient (Wildman–Crippen LogP) is 6.26. The number of aliphatic hydroxyl groups excluding tert-OH is 1. The van der Waals surface area contributed by atoms with Crippen molar-refractivity contribution in [3.63, 3.8) is 0 Å². The van der Waals surface area contributed by atoms with Gasteiger partial charge in [-0.3, -0.25) is 4.55 Å². The summed E-state index contributed by atoms with van der Waals surface area (Å²) in [6, 6.07) is 0. The molecule has 3 saturated carbocycles. The Hall–Kier alpha value is -0.390. The Balaban J connectivity index is 1.53. The van der Waals surface area contributed by atoms with Gasteiger partial charge in [-0.1, -0.05) is 65.5 Å². The van der Waals surface area contributed by atoms with Crippen molar-refractivity contribution in [2.24, 2.45) is 46.3 Å². The molecule has 0 aromatic rings. The Morgan fingerprint density at radius 1 is 1.09 bits per heavy atom. The molecule has 9 atom stereocenters. The van der Waals surface area contributed by atoms with E-state index in [1.807, 2.05) is 0 Å². The van der Waals surface area contributed by atoms with Gasteiger partial charge >= 0.3 is 0 Å². The van der Waals surface area contributed by atoms with Gasteiger partial charge in [-0.15, -0.1) is 0 Å². The van der Waals surface area contributed by atoms with Crippen LogP contribution < -0.4 is 0 Å². The van der Waals surface area contributed by atoms with Crippen LogP contribution in [0.5, 0.6) is 0 Å². The fraction of sp³-hybridized carbons (Fsp3) is 0.926. The molecule has 5 heteroatoms. The molecule has 0 heterocycles. The Labute approximate surface area is 196 Å². The van der Waals surface area contributed by atoms with Gasteiger partial charge < -0.3 is 5.11 Å². The van der Waals surface area contributed by atoms with Crippen LogP contribution in [-0.2, 0) is 10.1 Å². The monoisotopic (exact) mass is 466 g/mol. The molecule has 0 saturated heterocycles. The lowest BCUT2D eigenvalue weighted by atomic mass is 9.46. The minimum absolute atomic E-state index is 0.160. The zero-order valence-electron chi connectivity index (χ0n) is 20.9. The van der Waals surface area contributed by atoms with Gasteiger partial charge in [-0.05, 0) is 85.9 Å². The summed E-state index contributed by atoms with van der Waals surface area (Å²) < 4.78 is 33.3. The summed E-state index contributed by atoms with van der Waals surface area (Å²) in [6.07, 6.45) is 12.1. The van der Waals surface area contributed by atoms with Crippen molar-refractivity contribution < 1.29 is 18.1 Å². The fourth-order valence-corrected chi connectivity index (χ4v) is 9.75. The lowest BCUT2D eigenvalue weighted by Gasteiger charge is -2.59. The summed E-state index contributed by atoms with van der Waals surface area (Å²) in [6.45, 7) is 11.9. The minimum atomic E-state index is -4.12. The van der Waals surface area contributed by atoms with Crippen LogP contribution in [0.2, 0.25) is 0 Å². The molecule has 4 nitrogen and oxygen atoms in total. The number of fused-ring (bicyclic) bond motifs is 5. The second-order valence-corrected chi connectivity index (χ2v) is 14.4. The summed E-state index contributed by atoms with van der Waals surface area (Å²) in [5.41, 5.74) is 1.14. The van der Waals surface area contributed by atoms with Gasteiger partial charge in [0.2, 0.25) is 0 Å². The van der Waals surface area contributed by atoms with Gasteiger partial charge in [0.15, 0.2) is 0 Å². The Kier molecular flexibility index (Phi) is 6.71. The van der Waals surface area contributed by atoms with Crippen LogP contribution in [0.25, 0.3) is 0 Å². The second kappa shape index (κ2) is 8.68. The molecule has 4 aliphatic rings. The molecule has 0 aromatic heterocycles. The molecule has 4 rings (SSSR count). The number of aliphatic hydroxyl groups is 1. The topological polar surface area (TPSA) is 74.6 Å². The van der Waals surface area contributed by atoms with Crippen LogP contribution in [0.3, 0.4) is 0 Å². The first-order valence-electron chi connectivity index (χ1n) is 13.2. The normalized spacial score (nSPS) is 45.1. The smallest absolute Gasteiger partial charge is 0.268 e. The van der Waals surface area contributed by atoms with E-state index < -0.39 is 21.5 Å². The minimum Gasteiger partial charge on any atom is -0.392 e. The summed E-state index contributed by atoms with van der Waals surface area (Å²) in [5.74, 6) is 4.09. The first-order chi connectivity index (χ1) is 14.9. The lowest BCUT2D eigenvalue weighted by Crippen LogP contribution is -2.56. The van der Waals surface area contributed by atoms with Crippen molar-refractivity contribution in [2.45, 2.75) is 110 Å². The van der Waals surface area contributed by atoms with E-state index in [-0.39, 0.29) is 11.8 Å². The standard InChI is InChI=1S/C27H46O4S/c1-17(2)7-6-8-18(3)22-11-12-23-21-10-9-19-15-20(32(29,30)31)16-25(28)27(19,5)24(21)13-14-26(22,23)4/h9,17-18,20-25,28H,6-8,10-16H2,1-5H3,(H,29,30,31)/t18-,20?,21+,22-,23+,24+,25+,26-,27+/m1/s1. The maximum absolute atomic E-state index is 11.8. The molecular weight excluding hydrogens is 420 g/mol. The second-order valence-electron chi connectivity index (χ2n) is 12.7. The average Bonchev–Trinajstić information content (AvgIpc) is 3.05. The number of hydrogen-bond donors (Lipinski definition) is 2. The van der Waals surface area contributed by atoms with Gasteiger partial charge in [0.1, 0.15) is 0 Å². The third kappa shape index (κ3) is 4.02. The molecule has 0 spiro atoms. The quantitative estimate of drug-likeness (QED) is 0.358. The third-order valence-electron chi connectivity index (χ3n) is 10.8. The molecule has 3 fully saturated rings. The van der Waals surface area contributed by atoms with Crippen molar-refractivity contribution in [1.29, 1.82) is 0 Å². The molecule has 4 aliphatic carbocycles. The number of allylic oxidation sites excluding steroid dienone is 1. The van der Waals surface area contributed by atoms with E-state index in [0.29, 0.717) is 29.6 Å². The molecule has 0 amide bonds. The van der Waals surface area contributed by atoms with Crippen molar-refractivity contribution in [1.82, 2.24) is 0 Å². The zero-order chi connectivity index (χ0) is 23.5. The van der Waals surface area contributed by atoms with Gasteiger partial charge in [-0.2, -0.15) is 8.42 Å². The molecule has 1 unspecified atom stereocenters. The molecule has 0 bridgehead atoms. The van der Waals surface area contributed by atoms with Crippen LogP contribution >= 0.6 is 0 Å². The van der Waals surface area contributed by atoms with Gasteiger partial charge in [0, 0.05) is 5.41 Å². The van der Waals surface area contributed by atoms with Crippen LogP contribution in [-0.4, -0.2) is 29.4 Å². The van der Waals surface area contributed by atoms with Gasteiger partial charge in [0.05, 0.1) is 11.4 Å². The van der Waals surface area contributed by atoms with E-state index in [1.54, 1.807) is 0 Å². The first kappa shape index (κ1) is 24.7. The molecule has 0 radical (unpaired) electrons. The first-order valence-corrected chi connectivity index (χ1v) is 14.7. The highest BCUT2D eigenvalue weighted by Gasteiger charge is 2.61. The van der Waals surface area contributed by atoms with Crippen LogP contribution in [0, 0.1) is 46.3 Å². The highest BCUT2D eigenvalue weighted by molar-refractivity contribution is 7.86. The molecule has 0 aromatic carbocycles. The maximum atomic E-state index is 11.8. The van der Waals surface area contributed by atoms with Crippen LogP contribution in [0.4, 0.5) is 0 Å². The number of rotatable bonds is 6. The van der Waals surface area contributed by atoms with Crippen molar-refractivity contribution in [3.8, 4) is 0 Å². The average molecular weight is 467 g/mol. The highest BCUT2D eigenvalue weighted by Crippen LogP contribution is 2.67. The lowest BCUT2D eigenvalue weighted by molar-refractivity contribution is -0.0927. The Bertz CT molecular complexity index is 833. The van der Waals surface area contributed by atoms with E-state index >= 15 is 0 Å². The van der Waals surface area contributed by atoms with Gasteiger partial charge in [0.25, 0.3) is 10.1 Å². The largest absolute Gasteiger partial charge is 0.392 e. The summed E-state index contributed by atoms with van der Waals surface area (Å²) >= 11 is 0. The SMILES string of the molecule is CC(C)CCC[C@@H](C)[C@H]1CC[C@H]2[C@@H]3CC=C4CC(S(=O)(=O)O)C[C@H](O)[C@]4(C)[C@H]3CC[C@]12C. The molecule has 184 valence electrons. The fourth-order valence-electron chi connectivity index (χ4n) is 8.94. The third-order valence-corrected chi connectivity index (χ3v) is 12.0. The van der Waals surface area contributed by atoms with E-state index in [4.69, 9.17) is 0 Å². The molecular formula is C27H46O4S. The predicted molar refractivity (Wildman–Crippen MR) is 130 cm³/mol. The van der Waals surface area contributed by atoms with Crippen molar-refractivity contribution >= 4 is 10.1 Å². The number of hydrogen-bond acceptors (Lipinski definition) is 3. The molecule has 32 heavy (non-hydrogen) atoms. The highest BCUT2D eigenvalue weighted by atomic mass is 32.2. The molecule has 0 aliphatic heterocycles. The van der Waals surface area contributed by atoms with E-state index in [1.165, 1.54) is 38.5 Å². The summed E-state index contributed by atoms with van der Waals surface area (Å²) in [7, 11) is -4.12. The van der Waals surface area contributed by atoms with E-state index in [9.17, 15) is 18.1 Å². The molecule has 2 N–H and O–H groups in total. The Morgan fingerprint density at radius 2 is 1.81 bits per heavy atom. The zero-order valence-corrected chi connectivity index (χ0v) is 21.7. The van der Waals surface area contributed by atoms with E-state index in [0.717, 1.165) is 36.2 Å². The Morgan fingerprint density at radius 3 is 2.47 bits per heavy atom. The maximum Gasteiger partial charge on any atom is 0.268 e. The van der Waals surface area contributed by atoms with E-state index in [2.05, 4.69) is 40.7 Å². The van der Waals surface area contributed by atoms with Crippen molar-refractivity contribution in [2.75, 3.05) is 0 Å². The van der Waals surface area contributed by atoms with Crippen molar-refractivity contribution in [3.05, 3.63) is 11.6 Å².